The molecule has 0 radical (unpaired) electrons. The third-order valence-electron chi connectivity index (χ3n) is 2.34. The number of hydrogen-bond donors (Lipinski definition) is 1. The number of nitrogens with zero attached hydrogens (tertiary/aromatic N) is 1. The molecule has 0 aliphatic rings. The molecule has 14 heavy (non-hydrogen) atoms. The molecule has 0 aliphatic heterocycles. The largest absolute Gasteiger partial charge is 0.448 e. The van der Waals surface area contributed by atoms with Gasteiger partial charge in [0.25, 0.3) is 5.91 Å². The summed E-state index contributed by atoms with van der Waals surface area (Å²) in [5.41, 5.74) is 5.29. The van der Waals surface area contributed by atoms with E-state index in [1.54, 1.807) is 0 Å². The fourth-order valence-corrected chi connectivity index (χ4v) is 1.50. The van der Waals surface area contributed by atoms with Crippen LogP contribution in [0, 0.1) is 5.92 Å². The van der Waals surface area contributed by atoms with E-state index in [9.17, 15) is 4.79 Å². The van der Waals surface area contributed by atoms with Crippen LogP contribution in [0.1, 0.15) is 49.5 Å². The van der Waals surface area contributed by atoms with Crippen molar-refractivity contribution in [1.29, 1.82) is 0 Å². The zero-order chi connectivity index (χ0) is 10.7. The Morgan fingerprint density at radius 2 is 2.29 bits per heavy atom. The number of amides is 1. The molecule has 1 rings (SSSR count). The Kier molecular flexibility index (Phi) is 3.28. The van der Waals surface area contributed by atoms with E-state index < -0.39 is 5.91 Å². The van der Waals surface area contributed by atoms with Crippen molar-refractivity contribution < 1.29 is 9.21 Å². The van der Waals surface area contributed by atoms with Crippen LogP contribution in [0.2, 0.25) is 0 Å². The predicted molar refractivity (Wildman–Crippen MR) is 52.9 cm³/mol. The van der Waals surface area contributed by atoms with Gasteiger partial charge in [-0.05, 0) is 12.3 Å². The summed E-state index contributed by atoms with van der Waals surface area (Å²) in [7, 11) is 0. The van der Waals surface area contributed by atoms with Crippen LogP contribution in [-0.2, 0) is 0 Å². The minimum Gasteiger partial charge on any atom is -0.448 e. The second-order valence-corrected chi connectivity index (χ2v) is 3.69. The van der Waals surface area contributed by atoms with Gasteiger partial charge >= 0.3 is 0 Å². The van der Waals surface area contributed by atoms with E-state index in [0.29, 0.717) is 11.8 Å². The Bertz CT molecular complexity index is 318. The van der Waals surface area contributed by atoms with E-state index in [-0.39, 0.29) is 11.6 Å². The lowest BCUT2D eigenvalue weighted by Crippen LogP contribution is -2.12. The van der Waals surface area contributed by atoms with Gasteiger partial charge in [0.15, 0.2) is 11.6 Å². The molecule has 1 aromatic rings. The molecule has 0 saturated carbocycles. The Hall–Kier alpha value is -1.32. The van der Waals surface area contributed by atoms with Crippen LogP contribution >= 0.6 is 0 Å². The quantitative estimate of drug-likeness (QED) is 0.799. The molecular weight excluding hydrogens is 180 g/mol. The summed E-state index contributed by atoms with van der Waals surface area (Å²) in [5.74, 6) is 0.761. The van der Waals surface area contributed by atoms with Crippen molar-refractivity contribution in [3.63, 3.8) is 0 Å². The van der Waals surface area contributed by atoms with Gasteiger partial charge in [-0.25, -0.2) is 4.98 Å². The summed E-state index contributed by atoms with van der Waals surface area (Å²) < 4.78 is 5.23. The Morgan fingerprint density at radius 3 is 2.64 bits per heavy atom. The van der Waals surface area contributed by atoms with Crippen molar-refractivity contribution in [1.82, 2.24) is 4.98 Å². The van der Waals surface area contributed by atoms with Crippen LogP contribution in [0.4, 0.5) is 0 Å². The van der Waals surface area contributed by atoms with Gasteiger partial charge in [0.1, 0.15) is 6.26 Å². The maximum absolute atomic E-state index is 10.8. The van der Waals surface area contributed by atoms with Crippen molar-refractivity contribution >= 4 is 5.91 Å². The first-order chi connectivity index (χ1) is 6.56. The summed E-state index contributed by atoms with van der Waals surface area (Å²) in [5, 5.41) is 0. The van der Waals surface area contributed by atoms with E-state index in [1.165, 1.54) is 6.26 Å². The first-order valence-corrected chi connectivity index (χ1v) is 4.81. The third-order valence-corrected chi connectivity index (χ3v) is 2.34. The summed E-state index contributed by atoms with van der Waals surface area (Å²) in [6, 6.07) is 0. The van der Waals surface area contributed by atoms with E-state index in [0.717, 1.165) is 6.42 Å². The molecule has 0 spiro atoms. The molecular formula is C10H16N2O2. The molecule has 4 nitrogen and oxygen atoms in total. The lowest BCUT2D eigenvalue weighted by molar-refractivity contribution is 0.0995. The monoisotopic (exact) mass is 196 g/mol. The topological polar surface area (TPSA) is 69.1 Å². The lowest BCUT2D eigenvalue weighted by atomic mass is 9.93. The average molecular weight is 196 g/mol. The fourth-order valence-electron chi connectivity index (χ4n) is 1.50. The van der Waals surface area contributed by atoms with Gasteiger partial charge in [-0.3, -0.25) is 4.79 Å². The Morgan fingerprint density at radius 1 is 1.64 bits per heavy atom. The molecule has 0 fully saturated rings. The smallest absolute Gasteiger partial charge is 0.270 e. The van der Waals surface area contributed by atoms with Crippen LogP contribution in [0.15, 0.2) is 10.7 Å². The van der Waals surface area contributed by atoms with Crippen molar-refractivity contribution in [3.05, 3.63) is 17.8 Å². The summed E-state index contributed by atoms with van der Waals surface area (Å²) in [4.78, 5) is 14.9. The highest BCUT2D eigenvalue weighted by molar-refractivity contribution is 5.90. The van der Waals surface area contributed by atoms with Gasteiger partial charge in [-0.2, -0.15) is 0 Å². The molecule has 0 aliphatic carbocycles. The molecule has 0 saturated heterocycles. The lowest BCUT2D eigenvalue weighted by Gasteiger charge is -2.14. The number of nitrogens with two attached hydrogens (primary N) is 1. The van der Waals surface area contributed by atoms with Crippen LogP contribution in [0.25, 0.3) is 0 Å². The van der Waals surface area contributed by atoms with Crippen LogP contribution in [0.3, 0.4) is 0 Å². The van der Waals surface area contributed by atoms with Crippen molar-refractivity contribution in [2.24, 2.45) is 11.7 Å². The van der Waals surface area contributed by atoms with Gasteiger partial charge in [0.2, 0.25) is 0 Å². The Labute approximate surface area is 83.5 Å². The number of rotatable bonds is 4. The minimum atomic E-state index is -0.543. The van der Waals surface area contributed by atoms with E-state index >= 15 is 0 Å². The summed E-state index contributed by atoms with van der Waals surface area (Å²) in [6.07, 6.45) is 2.26. The van der Waals surface area contributed by atoms with Gasteiger partial charge in [0.05, 0.1) is 0 Å². The molecule has 1 atom stereocenters. The number of aromatic nitrogens is 1. The van der Waals surface area contributed by atoms with E-state index in [1.807, 2.05) is 0 Å². The highest BCUT2D eigenvalue weighted by Gasteiger charge is 2.20. The van der Waals surface area contributed by atoms with Crippen molar-refractivity contribution in [3.8, 4) is 0 Å². The van der Waals surface area contributed by atoms with Crippen LogP contribution in [-0.4, -0.2) is 10.9 Å². The Balaban J connectivity index is 2.89. The SMILES string of the molecule is CC[C@@H](c1nc(C(N)=O)co1)C(C)C. The van der Waals surface area contributed by atoms with Gasteiger partial charge in [0, 0.05) is 5.92 Å². The fraction of sp³-hybridized carbons (Fsp3) is 0.600. The molecule has 1 heterocycles. The number of primary amides is 1. The predicted octanol–water partition coefficient (Wildman–Crippen LogP) is 1.92. The summed E-state index contributed by atoms with van der Waals surface area (Å²) in [6.45, 7) is 6.27. The highest BCUT2D eigenvalue weighted by Crippen LogP contribution is 2.26. The second kappa shape index (κ2) is 4.26. The van der Waals surface area contributed by atoms with Gasteiger partial charge in [-0.1, -0.05) is 20.8 Å². The molecule has 0 bridgehead atoms. The molecule has 4 heteroatoms. The third kappa shape index (κ3) is 2.13. The maximum Gasteiger partial charge on any atom is 0.270 e. The first kappa shape index (κ1) is 10.8. The molecule has 1 aromatic heterocycles. The maximum atomic E-state index is 10.8. The zero-order valence-electron chi connectivity index (χ0n) is 8.78. The molecule has 0 aromatic carbocycles. The van der Waals surface area contributed by atoms with Crippen molar-refractivity contribution in [2.45, 2.75) is 33.1 Å². The van der Waals surface area contributed by atoms with E-state index in [4.69, 9.17) is 10.2 Å². The zero-order valence-corrected chi connectivity index (χ0v) is 8.78. The average Bonchev–Trinajstić information content (AvgIpc) is 2.53. The first-order valence-electron chi connectivity index (χ1n) is 4.81. The van der Waals surface area contributed by atoms with Gasteiger partial charge in [-0.15, -0.1) is 0 Å². The normalized spacial score (nSPS) is 13.1. The van der Waals surface area contributed by atoms with E-state index in [2.05, 4.69) is 25.8 Å². The van der Waals surface area contributed by atoms with Gasteiger partial charge < -0.3 is 10.2 Å². The standard InChI is InChI=1S/C10H16N2O2/c1-4-7(6(2)3)10-12-8(5-14-10)9(11)13/h5-7H,4H2,1-3H3,(H2,11,13)/t7-/m1/s1. The number of oxazole rings is 1. The van der Waals surface area contributed by atoms with Crippen LogP contribution in [0.5, 0.6) is 0 Å². The highest BCUT2D eigenvalue weighted by atomic mass is 16.3. The second-order valence-electron chi connectivity index (χ2n) is 3.69. The number of carbonyl (C=O) groups is 1. The molecule has 2 N–H and O–H groups in total. The van der Waals surface area contributed by atoms with Crippen molar-refractivity contribution in [2.75, 3.05) is 0 Å². The number of carbonyl (C=O) groups excluding carboxylic acids is 1. The molecule has 1 amide bonds. The molecule has 0 unspecified atom stereocenters. The minimum absolute atomic E-state index is 0.208. The van der Waals surface area contributed by atoms with Crippen LogP contribution < -0.4 is 5.73 Å². The molecule has 78 valence electrons. The number of hydrogen-bond acceptors (Lipinski definition) is 3. The summed E-state index contributed by atoms with van der Waals surface area (Å²) >= 11 is 0.